The van der Waals surface area contributed by atoms with Crippen LogP contribution in [0.3, 0.4) is 0 Å². The van der Waals surface area contributed by atoms with E-state index in [-0.39, 0.29) is 0 Å². The number of hydrogen-bond donors (Lipinski definition) is 2. The van der Waals surface area contributed by atoms with E-state index < -0.39 is 11.4 Å². The number of nitrogen functional groups attached to an aromatic ring is 1. The summed E-state index contributed by atoms with van der Waals surface area (Å²) in [6, 6.07) is 5.14. The quantitative estimate of drug-likeness (QED) is 0.736. The Kier molecular flexibility index (Phi) is 1.93. The van der Waals surface area contributed by atoms with Gasteiger partial charge in [0.25, 0.3) is 0 Å². The van der Waals surface area contributed by atoms with Gasteiger partial charge in [0.2, 0.25) is 0 Å². The third kappa shape index (κ3) is 1.16. The molecule has 0 heterocycles. The van der Waals surface area contributed by atoms with Crippen molar-refractivity contribution in [2.45, 2.75) is 18.3 Å². The highest BCUT2D eigenvalue weighted by molar-refractivity contribution is 6.33. The highest BCUT2D eigenvalue weighted by Crippen LogP contribution is 2.51. The summed E-state index contributed by atoms with van der Waals surface area (Å²) in [5, 5.41) is 9.50. The van der Waals surface area contributed by atoms with Crippen LogP contribution in [-0.4, -0.2) is 11.1 Å². The lowest BCUT2D eigenvalue weighted by Gasteiger charge is -2.13. The number of aliphatic carboxylic acids is 1. The van der Waals surface area contributed by atoms with Crippen LogP contribution in [0.25, 0.3) is 0 Å². The number of carbonyl (C=O) groups is 1. The fraction of sp³-hybridized carbons (Fsp3) is 0.300. The van der Waals surface area contributed by atoms with Gasteiger partial charge in [-0.3, -0.25) is 4.79 Å². The molecule has 3 nitrogen and oxygen atoms in total. The average Bonchev–Trinajstić information content (AvgIpc) is 2.90. The molecule has 1 aliphatic rings. The third-order valence-electron chi connectivity index (χ3n) is 2.73. The van der Waals surface area contributed by atoms with Gasteiger partial charge in [0.1, 0.15) is 0 Å². The molecule has 3 N–H and O–H groups in total. The first-order chi connectivity index (χ1) is 6.58. The summed E-state index contributed by atoms with van der Waals surface area (Å²) < 4.78 is 0. The predicted molar refractivity (Wildman–Crippen MR) is 54.4 cm³/mol. The monoisotopic (exact) mass is 211 g/mol. The van der Waals surface area contributed by atoms with E-state index in [2.05, 4.69) is 0 Å². The van der Waals surface area contributed by atoms with Crippen LogP contribution in [0.4, 0.5) is 5.69 Å². The van der Waals surface area contributed by atoms with Crippen molar-refractivity contribution in [3.63, 3.8) is 0 Å². The van der Waals surface area contributed by atoms with E-state index in [0.717, 1.165) is 0 Å². The summed E-state index contributed by atoms with van der Waals surface area (Å²) in [5.74, 6) is -0.813. The van der Waals surface area contributed by atoms with Crippen LogP contribution in [0.15, 0.2) is 18.2 Å². The van der Waals surface area contributed by atoms with Gasteiger partial charge >= 0.3 is 5.97 Å². The van der Waals surface area contributed by atoms with Crippen LogP contribution < -0.4 is 5.73 Å². The maximum Gasteiger partial charge on any atom is 0.314 e. The van der Waals surface area contributed by atoms with Crippen molar-refractivity contribution < 1.29 is 9.90 Å². The molecule has 1 saturated carbocycles. The van der Waals surface area contributed by atoms with E-state index in [0.29, 0.717) is 29.1 Å². The van der Waals surface area contributed by atoms with Gasteiger partial charge in [-0.1, -0.05) is 23.7 Å². The summed E-state index contributed by atoms with van der Waals surface area (Å²) in [5.41, 5.74) is 6.03. The molecule has 0 aliphatic heterocycles. The van der Waals surface area contributed by atoms with Gasteiger partial charge in [-0.25, -0.2) is 0 Å². The number of para-hydroxylation sites is 1. The zero-order chi connectivity index (χ0) is 10.3. The van der Waals surface area contributed by atoms with Crippen molar-refractivity contribution >= 4 is 23.3 Å². The third-order valence-corrected chi connectivity index (χ3v) is 3.06. The first-order valence-corrected chi connectivity index (χ1v) is 4.73. The largest absolute Gasteiger partial charge is 0.481 e. The Balaban J connectivity index is 2.52. The molecule has 0 spiro atoms. The number of anilines is 1. The topological polar surface area (TPSA) is 63.3 Å². The lowest BCUT2D eigenvalue weighted by Crippen LogP contribution is -2.21. The number of nitrogens with two attached hydrogens (primary N) is 1. The van der Waals surface area contributed by atoms with E-state index in [1.54, 1.807) is 18.2 Å². The van der Waals surface area contributed by atoms with Crippen molar-refractivity contribution in [3.8, 4) is 0 Å². The maximum absolute atomic E-state index is 11.0. The zero-order valence-electron chi connectivity index (χ0n) is 7.46. The van der Waals surface area contributed by atoms with Crippen molar-refractivity contribution in [2.24, 2.45) is 0 Å². The van der Waals surface area contributed by atoms with E-state index in [1.807, 2.05) is 0 Å². The molecule has 0 bridgehead atoms. The number of hydrogen-bond acceptors (Lipinski definition) is 2. The van der Waals surface area contributed by atoms with E-state index in [1.165, 1.54) is 0 Å². The summed E-state index contributed by atoms with van der Waals surface area (Å²) in [7, 11) is 0. The minimum atomic E-state index is -0.813. The smallest absolute Gasteiger partial charge is 0.314 e. The first kappa shape index (κ1) is 9.34. The summed E-state index contributed by atoms with van der Waals surface area (Å²) in [6.07, 6.45) is 1.29. The summed E-state index contributed by atoms with van der Waals surface area (Å²) >= 11 is 5.83. The Morgan fingerprint density at radius 2 is 2.14 bits per heavy atom. The molecule has 0 atom stereocenters. The van der Waals surface area contributed by atoms with Crippen molar-refractivity contribution in [1.82, 2.24) is 0 Å². The Bertz CT molecular complexity index is 399. The molecule has 0 amide bonds. The average molecular weight is 212 g/mol. The van der Waals surface area contributed by atoms with Gasteiger partial charge in [-0.2, -0.15) is 0 Å². The van der Waals surface area contributed by atoms with Crippen molar-refractivity contribution in [3.05, 3.63) is 28.8 Å². The van der Waals surface area contributed by atoms with Gasteiger partial charge in [0, 0.05) is 0 Å². The van der Waals surface area contributed by atoms with E-state index in [4.69, 9.17) is 22.4 Å². The van der Waals surface area contributed by atoms with Crippen molar-refractivity contribution in [1.29, 1.82) is 0 Å². The van der Waals surface area contributed by atoms with Crippen LogP contribution in [0.2, 0.25) is 5.02 Å². The lowest BCUT2D eigenvalue weighted by atomic mass is 9.94. The molecule has 1 aromatic rings. The Morgan fingerprint density at radius 1 is 1.50 bits per heavy atom. The van der Waals surface area contributed by atoms with Crippen LogP contribution in [-0.2, 0) is 10.2 Å². The fourth-order valence-corrected chi connectivity index (χ4v) is 1.85. The molecular weight excluding hydrogens is 202 g/mol. The minimum absolute atomic E-state index is 0.397. The van der Waals surface area contributed by atoms with Gasteiger partial charge < -0.3 is 10.8 Å². The van der Waals surface area contributed by atoms with Crippen LogP contribution in [0.1, 0.15) is 18.4 Å². The Morgan fingerprint density at radius 3 is 2.64 bits per heavy atom. The number of carboxylic acid groups (broad SMARTS) is 1. The van der Waals surface area contributed by atoms with Crippen LogP contribution in [0.5, 0.6) is 0 Å². The molecule has 1 fully saturated rings. The molecule has 4 heteroatoms. The molecule has 14 heavy (non-hydrogen) atoms. The standard InChI is InChI=1S/C10H10ClNO2/c11-7-3-1-2-6(8(7)12)10(4-5-10)9(13)14/h1-3H,4-5,12H2,(H,13,14). The summed E-state index contributed by atoms with van der Waals surface area (Å²) in [6.45, 7) is 0. The predicted octanol–water partition coefficient (Wildman–Crippen LogP) is 2.04. The van der Waals surface area contributed by atoms with Crippen molar-refractivity contribution in [2.75, 3.05) is 5.73 Å². The zero-order valence-corrected chi connectivity index (χ0v) is 8.21. The van der Waals surface area contributed by atoms with Crippen LogP contribution >= 0.6 is 11.6 Å². The second-order valence-corrected chi connectivity index (χ2v) is 4.00. The number of benzene rings is 1. The molecule has 74 valence electrons. The van der Waals surface area contributed by atoms with Gasteiger partial charge in [-0.05, 0) is 24.5 Å². The first-order valence-electron chi connectivity index (χ1n) is 4.36. The van der Waals surface area contributed by atoms with E-state index in [9.17, 15) is 4.79 Å². The minimum Gasteiger partial charge on any atom is -0.481 e. The number of rotatable bonds is 2. The second-order valence-electron chi connectivity index (χ2n) is 3.59. The number of halogens is 1. The molecule has 0 unspecified atom stereocenters. The molecule has 2 rings (SSSR count). The Hall–Kier alpha value is -1.22. The fourth-order valence-electron chi connectivity index (χ4n) is 1.68. The van der Waals surface area contributed by atoms with Gasteiger partial charge in [0.15, 0.2) is 0 Å². The molecule has 1 aliphatic carbocycles. The normalized spacial score (nSPS) is 17.8. The molecule has 0 saturated heterocycles. The van der Waals surface area contributed by atoms with Gasteiger partial charge in [0.05, 0.1) is 16.1 Å². The molecular formula is C10H10ClNO2. The highest BCUT2D eigenvalue weighted by Gasteiger charge is 2.52. The summed E-state index contributed by atoms with van der Waals surface area (Å²) in [4.78, 5) is 11.0. The Labute approximate surface area is 86.5 Å². The second kappa shape index (κ2) is 2.89. The molecule has 0 radical (unpaired) electrons. The molecule has 0 aromatic heterocycles. The van der Waals surface area contributed by atoms with E-state index >= 15 is 0 Å². The lowest BCUT2D eigenvalue weighted by molar-refractivity contribution is -0.140. The number of carboxylic acids is 1. The molecule has 1 aromatic carbocycles. The van der Waals surface area contributed by atoms with Gasteiger partial charge in [-0.15, -0.1) is 0 Å². The maximum atomic E-state index is 11.0. The SMILES string of the molecule is Nc1c(Cl)cccc1C1(C(=O)O)CC1. The highest BCUT2D eigenvalue weighted by atomic mass is 35.5. The van der Waals surface area contributed by atoms with Crippen LogP contribution in [0, 0.1) is 0 Å².